The van der Waals surface area contributed by atoms with E-state index in [1.165, 1.54) is 4.90 Å². The van der Waals surface area contributed by atoms with Gasteiger partial charge in [-0.05, 0) is 25.0 Å². The molecule has 1 spiro atoms. The fourth-order valence-corrected chi connectivity index (χ4v) is 3.70. The van der Waals surface area contributed by atoms with Crippen LogP contribution in [0.15, 0.2) is 18.3 Å². The Labute approximate surface area is 135 Å². The molecule has 1 aromatic heterocycles. The summed E-state index contributed by atoms with van der Waals surface area (Å²) >= 11 is 0. The number of nitrogens with zero attached hydrogens (tertiary/aromatic N) is 2. The van der Waals surface area contributed by atoms with Crippen LogP contribution in [0.3, 0.4) is 0 Å². The molecular formula is C17H23N3O3. The number of amides is 3. The van der Waals surface area contributed by atoms with Gasteiger partial charge in [0.1, 0.15) is 0 Å². The first-order valence-corrected chi connectivity index (χ1v) is 8.24. The van der Waals surface area contributed by atoms with Crippen molar-refractivity contribution in [3.05, 3.63) is 24.0 Å². The molecule has 2 aliphatic rings. The number of aromatic nitrogens is 1. The predicted molar refractivity (Wildman–Crippen MR) is 84.1 cm³/mol. The minimum absolute atomic E-state index is 0.0600. The van der Waals surface area contributed by atoms with Crippen molar-refractivity contribution in [1.29, 1.82) is 0 Å². The average molecular weight is 317 g/mol. The van der Waals surface area contributed by atoms with Gasteiger partial charge in [0, 0.05) is 38.3 Å². The molecule has 0 radical (unpaired) electrons. The summed E-state index contributed by atoms with van der Waals surface area (Å²) < 4.78 is 1.94. The summed E-state index contributed by atoms with van der Waals surface area (Å²) in [6, 6.07) is 3.86. The van der Waals surface area contributed by atoms with Gasteiger partial charge in [0.05, 0.1) is 12.0 Å². The van der Waals surface area contributed by atoms with Crippen molar-refractivity contribution < 1.29 is 14.4 Å². The SMILES string of the molecule is Cn1cccc1CNC(=O)CCN1C(=O)CC2(CCCC2)C1=O. The lowest BCUT2D eigenvalue weighted by molar-refractivity contribution is -0.141. The average Bonchev–Trinajstić information content (AvgIpc) is 3.19. The third-order valence-electron chi connectivity index (χ3n) is 5.13. The standard InChI is InChI=1S/C17H23N3O3/c1-19-9-4-5-13(19)12-18-14(21)6-10-20-15(22)11-17(16(20)23)7-2-3-8-17/h4-5,9H,2-3,6-8,10-12H2,1H3,(H,18,21). The van der Waals surface area contributed by atoms with Crippen LogP contribution in [0.4, 0.5) is 0 Å². The largest absolute Gasteiger partial charge is 0.353 e. The highest BCUT2D eigenvalue weighted by molar-refractivity contribution is 6.06. The zero-order chi connectivity index (χ0) is 16.4. The maximum atomic E-state index is 12.5. The van der Waals surface area contributed by atoms with E-state index in [-0.39, 0.29) is 30.7 Å². The third kappa shape index (κ3) is 3.02. The maximum Gasteiger partial charge on any atom is 0.235 e. The monoisotopic (exact) mass is 317 g/mol. The molecule has 0 unspecified atom stereocenters. The number of likely N-dealkylation sites (tertiary alicyclic amines) is 1. The second-order valence-electron chi connectivity index (χ2n) is 6.65. The zero-order valence-electron chi connectivity index (χ0n) is 13.5. The van der Waals surface area contributed by atoms with E-state index in [9.17, 15) is 14.4 Å². The normalized spacial score (nSPS) is 19.8. The Kier molecular flexibility index (Phi) is 4.24. The Morgan fingerprint density at radius 3 is 2.70 bits per heavy atom. The lowest BCUT2D eigenvalue weighted by Crippen LogP contribution is -2.37. The van der Waals surface area contributed by atoms with E-state index in [0.717, 1.165) is 31.4 Å². The van der Waals surface area contributed by atoms with Crippen LogP contribution < -0.4 is 5.32 Å². The van der Waals surface area contributed by atoms with Crippen LogP contribution >= 0.6 is 0 Å². The minimum Gasteiger partial charge on any atom is -0.353 e. The Bertz CT molecular complexity index is 629. The van der Waals surface area contributed by atoms with Gasteiger partial charge in [-0.25, -0.2) is 0 Å². The summed E-state index contributed by atoms with van der Waals surface area (Å²) in [5.41, 5.74) is 0.563. The minimum atomic E-state index is -0.448. The lowest BCUT2D eigenvalue weighted by Gasteiger charge is -2.20. The predicted octanol–water partition coefficient (Wildman–Crippen LogP) is 1.35. The van der Waals surface area contributed by atoms with E-state index < -0.39 is 5.41 Å². The van der Waals surface area contributed by atoms with E-state index in [1.54, 1.807) is 0 Å². The van der Waals surface area contributed by atoms with Crippen molar-refractivity contribution in [2.24, 2.45) is 12.5 Å². The number of imide groups is 1. The zero-order valence-corrected chi connectivity index (χ0v) is 13.5. The summed E-state index contributed by atoms with van der Waals surface area (Å²) in [6.45, 7) is 0.645. The summed E-state index contributed by atoms with van der Waals surface area (Å²) in [7, 11) is 1.92. The molecule has 3 rings (SSSR count). The fourth-order valence-electron chi connectivity index (χ4n) is 3.70. The lowest BCUT2D eigenvalue weighted by atomic mass is 9.84. The van der Waals surface area contributed by atoms with E-state index >= 15 is 0 Å². The number of carbonyl (C=O) groups excluding carboxylic acids is 3. The van der Waals surface area contributed by atoms with E-state index in [1.807, 2.05) is 29.9 Å². The molecular weight excluding hydrogens is 294 g/mol. The van der Waals surface area contributed by atoms with Gasteiger partial charge in [-0.15, -0.1) is 0 Å². The van der Waals surface area contributed by atoms with Crippen LogP contribution in [0.2, 0.25) is 0 Å². The van der Waals surface area contributed by atoms with Gasteiger partial charge < -0.3 is 9.88 Å². The first kappa shape index (κ1) is 15.8. The summed E-state index contributed by atoms with van der Waals surface area (Å²) in [5, 5.41) is 2.83. The summed E-state index contributed by atoms with van der Waals surface area (Å²) in [5.74, 6) is -0.318. The van der Waals surface area contributed by atoms with E-state index in [0.29, 0.717) is 13.0 Å². The van der Waals surface area contributed by atoms with Crippen molar-refractivity contribution in [3.63, 3.8) is 0 Å². The van der Waals surface area contributed by atoms with Crippen LogP contribution in [-0.4, -0.2) is 33.7 Å². The highest BCUT2D eigenvalue weighted by atomic mass is 16.2. The molecule has 2 fully saturated rings. The van der Waals surface area contributed by atoms with Gasteiger partial charge in [-0.1, -0.05) is 12.8 Å². The van der Waals surface area contributed by atoms with E-state index in [4.69, 9.17) is 0 Å². The Hall–Kier alpha value is -2.11. The Balaban J connectivity index is 1.50. The number of carbonyl (C=O) groups is 3. The van der Waals surface area contributed by atoms with Crippen molar-refractivity contribution in [3.8, 4) is 0 Å². The topological polar surface area (TPSA) is 71.4 Å². The molecule has 124 valence electrons. The molecule has 1 saturated heterocycles. The number of rotatable bonds is 5. The number of nitrogens with one attached hydrogen (secondary N) is 1. The molecule has 23 heavy (non-hydrogen) atoms. The molecule has 1 N–H and O–H groups in total. The Morgan fingerprint density at radius 2 is 2.04 bits per heavy atom. The number of hydrogen-bond acceptors (Lipinski definition) is 3. The molecule has 0 atom stereocenters. The number of aryl methyl sites for hydroxylation is 1. The van der Waals surface area contributed by atoms with Crippen LogP contribution in [-0.2, 0) is 28.0 Å². The highest BCUT2D eigenvalue weighted by Gasteiger charge is 2.52. The number of hydrogen-bond donors (Lipinski definition) is 1. The second kappa shape index (κ2) is 6.18. The molecule has 1 aromatic rings. The van der Waals surface area contributed by atoms with Crippen molar-refractivity contribution >= 4 is 17.7 Å². The summed E-state index contributed by atoms with van der Waals surface area (Å²) in [6.07, 6.45) is 6.08. The molecule has 2 heterocycles. The van der Waals surface area contributed by atoms with Gasteiger partial charge >= 0.3 is 0 Å². The Morgan fingerprint density at radius 1 is 1.30 bits per heavy atom. The molecule has 3 amide bonds. The third-order valence-corrected chi connectivity index (χ3v) is 5.13. The molecule has 1 aliphatic heterocycles. The first-order chi connectivity index (χ1) is 11.0. The molecule has 6 nitrogen and oxygen atoms in total. The quantitative estimate of drug-likeness (QED) is 0.833. The molecule has 1 saturated carbocycles. The molecule has 0 bridgehead atoms. The molecule has 0 aromatic carbocycles. The summed E-state index contributed by atoms with van der Waals surface area (Å²) in [4.78, 5) is 37.9. The molecule has 6 heteroatoms. The van der Waals surface area contributed by atoms with Gasteiger partial charge in [0.15, 0.2) is 0 Å². The maximum absolute atomic E-state index is 12.5. The van der Waals surface area contributed by atoms with Crippen LogP contribution in [0.25, 0.3) is 0 Å². The molecule has 1 aliphatic carbocycles. The van der Waals surface area contributed by atoms with Gasteiger partial charge in [0.25, 0.3) is 0 Å². The van der Waals surface area contributed by atoms with Gasteiger partial charge in [-0.2, -0.15) is 0 Å². The first-order valence-electron chi connectivity index (χ1n) is 8.24. The van der Waals surface area contributed by atoms with Crippen molar-refractivity contribution in [1.82, 2.24) is 14.8 Å². The van der Waals surface area contributed by atoms with Crippen molar-refractivity contribution in [2.75, 3.05) is 6.54 Å². The van der Waals surface area contributed by atoms with Crippen molar-refractivity contribution in [2.45, 2.75) is 45.1 Å². The van der Waals surface area contributed by atoms with E-state index in [2.05, 4.69) is 5.32 Å². The fraction of sp³-hybridized carbons (Fsp3) is 0.588. The van der Waals surface area contributed by atoms with Gasteiger partial charge in [-0.3, -0.25) is 19.3 Å². The van der Waals surface area contributed by atoms with Crippen LogP contribution in [0, 0.1) is 5.41 Å². The second-order valence-corrected chi connectivity index (χ2v) is 6.65. The van der Waals surface area contributed by atoms with Crippen LogP contribution in [0.5, 0.6) is 0 Å². The smallest absolute Gasteiger partial charge is 0.235 e. The van der Waals surface area contributed by atoms with Gasteiger partial charge in [0.2, 0.25) is 17.7 Å². The van der Waals surface area contributed by atoms with Crippen LogP contribution in [0.1, 0.15) is 44.2 Å². The highest BCUT2D eigenvalue weighted by Crippen LogP contribution is 2.46.